The molecule has 0 radical (unpaired) electrons. The summed E-state index contributed by atoms with van der Waals surface area (Å²) in [5.74, 6) is 0. The first-order valence-corrected chi connectivity index (χ1v) is 5.23. The highest BCUT2D eigenvalue weighted by Crippen LogP contribution is 2.31. The molecule has 0 aliphatic carbocycles. The molecule has 2 nitrogen and oxygen atoms in total. The molecule has 0 aliphatic rings. The van der Waals surface area contributed by atoms with Gasteiger partial charge < -0.3 is 10.8 Å². The first kappa shape index (κ1) is 10.7. The normalized spacial score (nSPS) is 14.5. The van der Waals surface area contributed by atoms with Gasteiger partial charge in [0.2, 0.25) is 0 Å². The van der Waals surface area contributed by atoms with Crippen LogP contribution in [0, 0.1) is 0 Å². The fourth-order valence-electron chi connectivity index (χ4n) is 1.05. The zero-order chi connectivity index (χ0) is 10.1. The largest absolute Gasteiger partial charge is 0.394 e. The van der Waals surface area contributed by atoms with E-state index in [1.807, 2.05) is 6.07 Å². The SMILES string of the molecule is CC(C)(C)c1ccc([C@@H](N)CO)s1. The Labute approximate surface area is 83.4 Å². The molecule has 0 fully saturated rings. The molecule has 13 heavy (non-hydrogen) atoms. The number of hydrogen-bond donors (Lipinski definition) is 2. The summed E-state index contributed by atoms with van der Waals surface area (Å²) in [4.78, 5) is 2.37. The van der Waals surface area contributed by atoms with Crippen LogP contribution in [0.3, 0.4) is 0 Å². The first-order chi connectivity index (χ1) is 5.95. The standard InChI is InChI=1S/C10H17NOS/c1-10(2,3)9-5-4-8(13-9)7(11)6-12/h4-5,7,12H,6,11H2,1-3H3/t7-/m0/s1. The quantitative estimate of drug-likeness (QED) is 0.765. The third-order valence-electron chi connectivity index (χ3n) is 1.93. The summed E-state index contributed by atoms with van der Waals surface area (Å²) < 4.78 is 0. The predicted octanol–water partition coefficient (Wildman–Crippen LogP) is 2.04. The van der Waals surface area contributed by atoms with Gasteiger partial charge in [-0.1, -0.05) is 20.8 Å². The van der Waals surface area contributed by atoms with Gasteiger partial charge >= 0.3 is 0 Å². The van der Waals surface area contributed by atoms with Crippen molar-refractivity contribution in [2.75, 3.05) is 6.61 Å². The molecule has 0 saturated carbocycles. The predicted molar refractivity (Wildman–Crippen MR) is 57.0 cm³/mol. The molecular weight excluding hydrogens is 182 g/mol. The number of thiophene rings is 1. The van der Waals surface area contributed by atoms with Gasteiger partial charge in [0.1, 0.15) is 0 Å². The first-order valence-electron chi connectivity index (χ1n) is 4.42. The van der Waals surface area contributed by atoms with Crippen molar-refractivity contribution in [3.63, 3.8) is 0 Å². The average Bonchev–Trinajstić information content (AvgIpc) is 2.50. The van der Waals surface area contributed by atoms with Crippen molar-refractivity contribution in [3.05, 3.63) is 21.9 Å². The summed E-state index contributed by atoms with van der Waals surface area (Å²) in [5.41, 5.74) is 5.89. The van der Waals surface area contributed by atoms with Crippen LogP contribution < -0.4 is 5.73 Å². The van der Waals surface area contributed by atoms with Crippen molar-refractivity contribution in [3.8, 4) is 0 Å². The zero-order valence-electron chi connectivity index (χ0n) is 8.37. The second kappa shape index (κ2) is 3.78. The van der Waals surface area contributed by atoms with Gasteiger partial charge in [0.05, 0.1) is 12.6 Å². The molecule has 74 valence electrons. The lowest BCUT2D eigenvalue weighted by molar-refractivity contribution is 0.269. The van der Waals surface area contributed by atoms with Crippen LogP contribution in [0.4, 0.5) is 0 Å². The van der Waals surface area contributed by atoms with Crippen LogP contribution in [0.1, 0.15) is 36.6 Å². The van der Waals surface area contributed by atoms with E-state index >= 15 is 0 Å². The summed E-state index contributed by atoms with van der Waals surface area (Å²) in [6, 6.07) is 3.88. The van der Waals surface area contributed by atoms with E-state index in [0.717, 1.165) is 4.88 Å². The maximum absolute atomic E-state index is 8.88. The van der Waals surface area contributed by atoms with Gasteiger partial charge in [-0.15, -0.1) is 11.3 Å². The fourth-order valence-corrected chi connectivity index (χ4v) is 2.10. The molecule has 3 N–H and O–H groups in total. The third kappa shape index (κ3) is 2.53. The Morgan fingerprint density at radius 1 is 1.46 bits per heavy atom. The van der Waals surface area contributed by atoms with E-state index in [4.69, 9.17) is 10.8 Å². The smallest absolute Gasteiger partial charge is 0.0632 e. The van der Waals surface area contributed by atoms with Crippen molar-refractivity contribution < 1.29 is 5.11 Å². The molecule has 0 aliphatic heterocycles. The van der Waals surface area contributed by atoms with Crippen LogP contribution >= 0.6 is 11.3 Å². The van der Waals surface area contributed by atoms with Crippen molar-refractivity contribution in [1.29, 1.82) is 0 Å². The Morgan fingerprint density at radius 2 is 2.08 bits per heavy atom. The summed E-state index contributed by atoms with van der Waals surface area (Å²) >= 11 is 1.69. The summed E-state index contributed by atoms with van der Waals surface area (Å²) in [5, 5.41) is 8.88. The number of aliphatic hydroxyl groups excluding tert-OH is 1. The molecule has 3 heteroatoms. The molecule has 1 rings (SSSR count). The number of aliphatic hydroxyl groups is 1. The lowest BCUT2D eigenvalue weighted by Crippen LogP contribution is -2.12. The van der Waals surface area contributed by atoms with Crippen LogP contribution in [-0.2, 0) is 5.41 Å². The summed E-state index contributed by atoms with van der Waals surface area (Å²) in [6.45, 7) is 6.54. The van der Waals surface area contributed by atoms with Gasteiger partial charge in [-0.2, -0.15) is 0 Å². The molecular formula is C10H17NOS. The molecule has 1 aromatic heterocycles. The molecule has 0 saturated heterocycles. The number of rotatable bonds is 2. The third-order valence-corrected chi connectivity index (χ3v) is 3.57. The minimum absolute atomic E-state index is 0.0180. The van der Waals surface area contributed by atoms with Gasteiger partial charge in [-0.25, -0.2) is 0 Å². The maximum atomic E-state index is 8.88. The van der Waals surface area contributed by atoms with E-state index in [2.05, 4.69) is 26.8 Å². The molecule has 0 amide bonds. The van der Waals surface area contributed by atoms with Crippen LogP contribution in [0.2, 0.25) is 0 Å². The lowest BCUT2D eigenvalue weighted by atomic mass is 9.95. The fraction of sp³-hybridized carbons (Fsp3) is 0.600. The van der Waals surface area contributed by atoms with Crippen LogP contribution in [0.25, 0.3) is 0 Å². The van der Waals surface area contributed by atoms with E-state index in [1.54, 1.807) is 11.3 Å². The van der Waals surface area contributed by atoms with Crippen LogP contribution in [0.15, 0.2) is 12.1 Å². The molecule has 0 bridgehead atoms. The topological polar surface area (TPSA) is 46.2 Å². The second-order valence-electron chi connectivity index (χ2n) is 4.24. The van der Waals surface area contributed by atoms with E-state index in [1.165, 1.54) is 4.88 Å². The van der Waals surface area contributed by atoms with Crippen molar-refractivity contribution in [1.82, 2.24) is 0 Å². The zero-order valence-corrected chi connectivity index (χ0v) is 9.19. The highest BCUT2D eigenvalue weighted by atomic mass is 32.1. The van der Waals surface area contributed by atoms with E-state index < -0.39 is 0 Å². The van der Waals surface area contributed by atoms with Crippen molar-refractivity contribution in [2.45, 2.75) is 32.2 Å². The van der Waals surface area contributed by atoms with Crippen LogP contribution in [-0.4, -0.2) is 11.7 Å². The van der Waals surface area contributed by atoms with Crippen molar-refractivity contribution in [2.24, 2.45) is 5.73 Å². The Balaban J connectivity index is 2.87. The Morgan fingerprint density at radius 3 is 2.46 bits per heavy atom. The molecule has 0 unspecified atom stereocenters. The maximum Gasteiger partial charge on any atom is 0.0632 e. The Hall–Kier alpha value is -0.380. The molecule has 1 atom stereocenters. The van der Waals surface area contributed by atoms with E-state index in [0.29, 0.717) is 0 Å². The van der Waals surface area contributed by atoms with Gasteiger partial charge in [-0.05, 0) is 17.5 Å². The van der Waals surface area contributed by atoms with Crippen molar-refractivity contribution >= 4 is 11.3 Å². The molecule has 1 heterocycles. The monoisotopic (exact) mass is 199 g/mol. The minimum atomic E-state index is -0.221. The van der Waals surface area contributed by atoms with E-state index in [-0.39, 0.29) is 18.1 Å². The highest BCUT2D eigenvalue weighted by molar-refractivity contribution is 7.12. The van der Waals surface area contributed by atoms with Gasteiger partial charge in [0.25, 0.3) is 0 Å². The summed E-state index contributed by atoms with van der Waals surface area (Å²) in [7, 11) is 0. The highest BCUT2D eigenvalue weighted by Gasteiger charge is 2.17. The number of hydrogen-bond acceptors (Lipinski definition) is 3. The Bertz CT molecular complexity index is 275. The second-order valence-corrected chi connectivity index (χ2v) is 5.36. The summed E-state index contributed by atoms with van der Waals surface area (Å²) in [6.07, 6.45) is 0. The number of nitrogens with two attached hydrogens (primary N) is 1. The average molecular weight is 199 g/mol. The van der Waals surface area contributed by atoms with Gasteiger partial charge in [-0.3, -0.25) is 0 Å². The Kier molecular flexibility index (Phi) is 3.11. The molecule has 0 aromatic carbocycles. The van der Waals surface area contributed by atoms with Gasteiger partial charge in [0.15, 0.2) is 0 Å². The van der Waals surface area contributed by atoms with Crippen LogP contribution in [0.5, 0.6) is 0 Å². The molecule has 1 aromatic rings. The van der Waals surface area contributed by atoms with E-state index in [9.17, 15) is 0 Å². The lowest BCUT2D eigenvalue weighted by Gasteiger charge is -2.15. The minimum Gasteiger partial charge on any atom is -0.394 e. The van der Waals surface area contributed by atoms with Gasteiger partial charge in [0, 0.05) is 9.75 Å². The molecule has 0 spiro atoms.